The number of pyridine rings is 1. The summed E-state index contributed by atoms with van der Waals surface area (Å²) < 4.78 is 138. The number of aromatic nitrogens is 1. The molecule has 0 saturated carbocycles. The molecule has 15 heteroatoms. The number of alkyl halides is 9. The molecule has 0 aromatic carbocycles. The number of hydrogen-bond donors (Lipinski definition) is 1. The van der Waals surface area contributed by atoms with Crippen LogP contribution >= 0.6 is 0 Å². The predicted molar refractivity (Wildman–Crippen MR) is 82.0 cm³/mol. The standard InChI is InChI=1S/C14H14F9N3O2S/c15-12(16,17)9-3-5-26(6-4-9)11-8(1-2-10(25-11)13(18,19)20)7-24-29(27,28)14(21,22)23/h1-2,9,24H,3-7H2. The lowest BCUT2D eigenvalue weighted by Crippen LogP contribution is -2.40. The second-order valence-corrected chi connectivity index (χ2v) is 8.01. The second-order valence-electron chi connectivity index (χ2n) is 6.25. The number of anilines is 1. The van der Waals surface area contributed by atoms with Crippen molar-refractivity contribution in [3.05, 3.63) is 23.4 Å². The first-order valence-electron chi connectivity index (χ1n) is 7.97. The maximum Gasteiger partial charge on any atom is 0.511 e. The Labute approximate surface area is 158 Å². The Bertz CT molecular complexity index is 826. The molecule has 166 valence electrons. The molecule has 29 heavy (non-hydrogen) atoms. The van der Waals surface area contributed by atoms with Gasteiger partial charge in [-0.15, -0.1) is 0 Å². The summed E-state index contributed by atoms with van der Waals surface area (Å²) in [4.78, 5) is 4.39. The number of piperidine rings is 1. The Morgan fingerprint density at radius 3 is 2.00 bits per heavy atom. The molecule has 1 aromatic heterocycles. The molecule has 5 nitrogen and oxygen atoms in total. The van der Waals surface area contributed by atoms with Gasteiger partial charge in [0.2, 0.25) is 0 Å². The first-order valence-corrected chi connectivity index (χ1v) is 9.45. The maximum atomic E-state index is 12.9. The van der Waals surface area contributed by atoms with Crippen molar-refractivity contribution < 1.29 is 47.9 Å². The molecule has 1 aromatic rings. The molecule has 0 bridgehead atoms. The van der Waals surface area contributed by atoms with E-state index in [1.807, 2.05) is 0 Å². The number of halogens is 9. The summed E-state index contributed by atoms with van der Waals surface area (Å²) in [5.41, 5.74) is -7.39. The van der Waals surface area contributed by atoms with Crippen LogP contribution in [0.5, 0.6) is 0 Å². The fourth-order valence-electron chi connectivity index (χ4n) is 2.72. The molecule has 0 amide bonds. The molecule has 2 heterocycles. The van der Waals surface area contributed by atoms with Gasteiger partial charge in [0.1, 0.15) is 11.5 Å². The maximum absolute atomic E-state index is 12.9. The van der Waals surface area contributed by atoms with Gasteiger partial charge in [-0.2, -0.15) is 39.5 Å². The van der Waals surface area contributed by atoms with Gasteiger partial charge in [0.25, 0.3) is 0 Å². The Morgan fingerprint density at radius 2 is 1.55 bits per heavy atom. The monoisotopic (exact) mass is 459 g/mol. The zero-order chi connectivity index (χ0) is 22.3. The largest absolute Gasteiger partial charge is 0.511 e. The van der Waals surface area contributed by atoms with Crippen LogP contribution in [-0.2, 0) is 22.7 Å². The SMILES string of the molecule is O=S(=O)(NCc1ccc(C(F)(F)F)nc1N1CCC(C(F)(F)F)CC1)C(F)(F)F. The third kappa shape index (κ3) is 5.65. The number of hydrogen-bond acceptors (Lipinski definition) is 4. The normalized spacial score (nSPS) is 17.6. The van der Waals surface area contributed by atoms with Gasteiger partial charge in [-0.3, -0.25) is 0 Å². The van der Waals surface area contributed by atoms with E-state index in [1.165, 1.54) is 4.72 Å². The highest BCUT2D eigenvalue weighted by molar-refractivity contribution is 7.90. The molecular weight excluding hydrogens is 445 g/mol. The van der Waals surface area contributed by atoms with Crippen molar-refractivity contribution in [2.24, 2.45) is 5.92 Å². The fourth-order valence-corrected chi connectivity index (χ4v) is 3.23. The van der Waals surface area contributed by atoms with Crippen LogP contribution in [0.3, 0.4) is 0 Å². The van der Waals surface area contributed by atoms with Crippen LogP contribution in [-0.4, -0.2) is 38.2 Å². The quantitative estimate of drug-likeness (QED) is 0.696. The minimum absolute atomic E-state index is 0.337. The Hall–Kier alpha value is -1.77. The minimum Gasteiger partial charge on any atom is -0.356 e. The van der Waals surface area contributed by atoms with Gasteiger partial charge in [0.05, 0.1) is 5.92 Å². The molecule has 1 saturated heterocycles. The van der Waals surface area contributed by atoms with Gasteiger partial charge in [0, 0.05) is 25.2 Å². The van der Waals surface area contributed by atoms with Gasteiger partial charge in [-0.05, 0) is 18.9 Å². The molecule has 0 spiro atoms. The average molecular weight is 459 g/mol. The van der Waals surface area contributed by atoms with E-state index in [4.69, 9.17) is 0 Å². The predicted octanol–water partition coefficient (Wildman–Crippen LogP) is 3.82. The highest BCUT2D eigenvalue weighted by atomic mass is 32.2. The third-order valence-electron chi connectivity index (χ3n) is 4.26. The molecule has 1 N–H and O–H groups in total. The fraction of sp³-hybridized carbons (Fsp3) is 0.643. The average Bonchev–Trinajstić information content (AvgIpc) is 2.57. The van der Waals surface area contributed by atoms with Crippen LogP contribution in [0.25, 0.3) is 0 Å². The van der Waals surface area contributed by atoms with E-state index in [2.05, 4.69) is 4.98 Å². The highest BCUT2D eigenvalue weighted by Crippen LogP contribution is 2.37. The van der Waals surface area contributed by atoms with E-state index in [0.717, 1.165) is 11.0 Å². The summed E-state index contributed by atoms with van der Waals surface area (Å²) >= 11 is 0. The van der Waals surface area contributed by atoms with Crippen LogP contribution in [0.2, 0.25) is 0 Å². The third-order valence-corrected chi connectivity index (χ3v) is 5.39. The van der Waals surface area contributed by atoms with Crippen molar-refractivity contribution in [3.63, 3.8) is 0 Å². The Morgan fingerprint density at radius 1 is 1.00 bits per heavy atom. The molecule has 1 aliphatic rings. The van der Waals surface area contributed by atoms with Crippen LogP contribution in [0.15, 0.2) is 12.1 Å². The molecule has 1 fully saturated rings. The molecule has 2 rings (SSSR count). The Kier molecular flexibility index (Phi) is 6.33. The highest BCUT2D eigenvalue weighted by Gasteiger charge is 2.46. The summed E-state index contributed by atoms with van der Waals surface area (Å²) in [6, 6.07) is 1.18. The van der Waals surface area contributed by atoms with Gasteiger partial charge in [-0.1, -0.05) is 6.07 Å². The van der Waals surface area contributed by atoms with Crippen LogP contribution in [0.4, 0.5) is 45.3 Å². The Balaban J connectivity index is 2.31. The van der Waals surface area contributed by atoms with Gasteiger partial charge >= 0.3 is 27.9 Å². The lowest BCUT2D eigenvalue weighted by molar-refractivity contribution is -0.179. The van der Waals surface area contributed by atoms with E-state index < -0.39 is 64.7 Å². The zero-order valence-electron chi connectivity index (χ0n) is 14.3. The van der Waals surface area contributed by atoms with E-state index in [0.29, 0.717) is 6.07 Å². The smallest absolute Gasteiger partial charge is 0.356 e. The summed E-state index contributed by atoms with van der Waals surface area (Å²) in [5.74, 6) is -2.19. The van der Waals surface area contributed by atoms with Crippen molar-refractivity contribution in [1.82, 2.24) is 9.71 Å². The van der Waals surface area contributed by atoms with Gasteiger partial charge < -0.3 is 4.90 Å². The van der Waals surface area contributed by atoms with E-state index in [-0.39, 0.29) is 18.7 Å². The van der Waals surface area contributed by atoms with Crippen molar-refractivity contribution in [2.75, 3.05) is 18.0 Å². The lowest BCUT2D eigenvalue weighted by atomic mass is 9.96. The van der Waals surface area contributed by atoms with Crippen molar-refractivity contribution in [1.29, 1.82) is 0 Å². The minimum atomic E-state index is -5.78. The zero-order valence-corrected chi connectivity index (χ0v) is 15.1. The summed E-state index contributed by atoms with van der Waals surface area (Å²) in [7, 11) is -5.78. The van der Waals surface area contributed by atoms with Crippen molar-refractivity contribution in [3.8, 4) is 0 Å². The molecule has 0 radical (unpaired) electrons. The number of nitrogens with one attached hydrogen (secondary N) is 1. The first kappa shape index (κ1) is 23.5. The van der Waals surface area contributed by atoms with E-state index in [9.17, 15) is 47.9 Å². The summed E-state index contributed by atoms with van der Waals surface area (Å²) in [6.07, 6.45) is -10.3. The van der Waals surface area contributed by atoms with Crippen LogP contribution in [0.1, 0.15) is 24.1 Å². The topological polar surface area (TPSA) is 62.3 Å². The first-order chi connectivity index (χ1) is 13.0. The number of rotatable bonds is 4. The summed E-state index contributed by atoms with van der Waals surface area (Å²) in [6.45, 7) is -1.74. The van der Waals surface area contributed by atoms with E-state index >= 15 is 0 Å². The molecular formula is C14H14F9N3O2S. The van der Waals surface area contributed by atoms with Crippen molar-refractivity contribution in [2.45, 2.75) is 37.2 Å². The summed E-state index contributed by atoms with van der Waals surface area (Å²) in [5, 5.41) is 0. The molecule has 0 aliphatic carbocycles. The van der Waals surface area contributed by atoms with Gasteiger partial charge in [-0.25, -0.2) is 18.1 Å². The number of sulfonamides is 1. The molecule has 0 unspecified atom stereocenters. The van der Waals surface area contributed by atoms with Crippen LogP contribution in [0, 0.1) is 5.92 Å². The second kappa shape index (κ2) is 7.81. The van der Waals surface area contributed by atoms with Gasteiger partial charge in [0.15, 0.2) is 0 Å². The van der Waals surface area contributed by atoms with E-state index in [1.54, 1.807) is 0 Å². The van der Waals surface area contributed by atoms with Crippen molar-refractivity contribution >= 4 is 15.8 Å². The molecule has 1 aliphatic heterocycles. The lowest BCUT2D eigenvalue weighted by Gasteiger charge is -2.34. The number of nitrogens with zero attached hydrogens (tertiary/aromatic N) is 2. The van der Waals surface area contributed by atoms with Crippen LogP contribution < -0.4 is 9.62 Å². The molecule has 0 atom stereocenters.